The highest BCUT2D eigenvalue weighted by molar-refractivity contribution is 7.07. The molecule has 186 valence electrons. The highest BCUT2D eigenvalue weighted by atomic mass is 32.1. The Hall–Kier alpha value is -4.29. The number of hydrogen-bond donors (Lipinski definition) is 0. The van der Waals surface area contributed by atoms with Crippen LogP contribution in [0.4, 0.5) is 4.39 Å². The van der Waals surface area contributed by atoms with Crippen molar-refractivity contribution in [3.63, 3.8) is 0 Å². The van der Waals surface area contributed by atoms with Crippen molar-refractivity contribution in [1.82, 2.24) is 4.57 Å². The molecule has 2 aliphatic rings. The molecule has 0 radical (unpaired) electrons. The van der Waals surface area contributed by atoms with Gasteiger partial charge in [0.2, 0.25) is 0 Å². The second-order valence-electron chi connectivity index (χ2n) is 9.57. The number of halogens is 1. The molecule has 7 rings (SSSR count). The Morgan fingerprint density at radius 2 is 1.76 bits per heavy atom. The van der Waals surface area contributed by atoms with Gasteiger partial charge in [-0.3, -0.25) is 9.36 Å². The first kappa shape index (κ1) is 22.9. The second kappa shape index (κ2) is 8.92. The predicted octanol–water partition coefficient (Wildman–Crippen LogP) is 5.62. The highest BCUT2D eigenvalue weighted by Crippen LogP contribution is 2.41. The number of benzene rings is 4. The Morgan fingerprint density at radius 3 is 2.61 bits per heavy atom. The molecule has 1 aliphatic carbocycles. The van der Waals surface area contributed by atoms with Crippen molar-refractivity contribution in [2.45, 2.75) is 18.9 Å². The Balaban J connectivity index is 1.52. The van der Waals surface area contributed by atoms with Gasteiger partial charge in [-0.05, 0) is 64.6 Å². The van der Waals surface area contributed by atoms with Crippen molar-refractivity contribution in [2.75, 3.05) is 7.11 Å². The van der Waals surface area contributed by atoms with E-state index in [9.17, 15) is 9.18 Å². The third-order valence-electron chi connectivity index (χ3n) is 7.48. The average Bonchev–Trinajstić information content (AvgIpc) is 3.27. The van der Waals surface area contributed by atoms with Crippen molar-refractivity contribution >= 4 is 33.9 Å². The summed E-state index contributed by atoms with van der Waals surface area (Å²) in [5.74, 6) is 0.408. The molecule has 0 saturated heterocycles. The van der Waals surface area contributed by atoms with Crippen molar-refractivity contribution in [1.29, 1.82) is 0 Å². The number of ether oxygens (including phenoxy) is 1. The molecule has 1 aromatic heterocycles. The van der Waals surface area contributed by atoms with E-state index in [1.807, 2.05) is 48.5 Å². The van der Waals surface area contributed by atoms with Crippen LogP contribution < -0.4 is 19.6 Å². The molecule has 0 amide bonds. The summed E-state index contributed by atoms with van der Waals surface area (Å²) in [4.78, 5) is 19.8. The van der Waals surface area contributed by atoms with E-state index in [1.165, 1.54) is 29.0 Å². The van der Waals surface area contributed by atoms with Crippen LogP contribution >= 0.6 is 11.3 Å². The van der Waals surface area contributed by atoms with Gasteiger partial charge >= 0.3 is 0 Å². The number of rotatable bonds is 3. The van der Waals surface area contributed by atoms with Gasteiger partial charge in [-0.2, -0.15) is 0 Å². The van der Waals surface area contributed by atoms with E-state index < -0.39 is 0 Å². The van der Waals surface area contributed by atoms with Crippen LogP contribution in [0.1, 0.15) is 34.7 Å². The highest BCUT2D eigenvalue weighted by Gasteiger charge is 2.32. The predicted molar refractivity (Wildman–Crippen MR) is 150 cm³/mol. The van der Waals surface area contributed by atoms with Crippen molar-refractivity contribution in [2.24, 2.45) is 4.99 Å². The summed E-state index contributed by atoms with van der Waals surface area (Å²) >= 11 is 1.38. The summed E-state index contributed by atoms with van der Waals surface area (Å²) in [5, 5.41) is 2.09. The van der Waals surface area contributed by atoms with Gasteiger partial charge in [-0.15, -0.1) is 0 Å². The maximum Gasteiger partial charge on any atom is 0.271 e. The third-order valence-corrected chi connectivity index (χ3v) is 8.47. The monoisotopic (exact) mass is 518 g/mol. The normalized spacial score (nSPS) is 16.6. The minimum Gasteiger partial charge on any atom is -0.496 e. The Bertz CT molecular complexity index is 1950. The number of allylic oxidation sites excluding steroid dienone is 1. The van der Waals surface area contributed by atoms with Crippen LogP contribution in [0.15, 0.2) is 100 Å². The number of nitrogens with zero attached hydrogens (tertiary/aromatic N) is 2. The fourth-order valence-corrected chi connectivity index (χ4v) is 6.68. The Labute approximate surface area is 222 Å². The lowest BCUT2D eigenvalue weighted by atomic mass is 9.83. The molecule has 4 aromatic carbocycles. The van der Waals surface area contributed by atoms with Crippen LogP contribution in [0, 0.1) is 5.82 Å². The fourth-order valence-electron chi connectivity index (χ4n) is 5.70. The topological polar surface area (TPSA) is 43.6 Å². The lowest BCUT2D eigenvalue weighted by Crippen LogP contribution is -2.38. The molecular weight excluding hydrogens is 495 g/mol. The number of thiazole rings is 1. The molecule has 6 heteroatoms. The van der Waals surface area contributed by atoms with Gasteiger partial charge in [-0.25, -0.2) is 9.38 Å². The van der Waals surface area contributed by atoms with E-state index in [2.05, 4.69) is 18.2 Å². The fraction of sp³-hybridized carbons (Fsp3) is 0.125. The summed E-state index contributed by atoms with van der Waals surface area (Å²) in [7, 11) is 1.64. The first-order chi connectivity index (χ1) is 18.6. The van der Waals surface area contributed by atoms with Gasteiger partial charge < -0.3 is 4.74 Å². The summed E-state index contributed by atoms with van der Waals surface area (Å²) < 4.78 is 21.9. The molecule has 1 atom stereocenters. The van der Waals surface area contributed by atoms with E-state index in [4.69, 9.17) is 9.73 Å². The maximum atomic E-state index is 14.1. The van der Waals surface area contributed by atoms with Crippen molar-refractivity contribution < 1.29 is 9.13 Å². The van der Waals surface area contributed by atoms with Gasteiger partial charge in [-0.1, -0.05) is 78.1 Å². The van der Waals surface area contributed by atoms with Gasteiger partial charge in [0.05, 0.1) is 23.4 Å². The molecule has 0 N–H and O–H groups in total. The van der Waals surface area contributed by atoms with Crippen LogP contribution in [-0.2, 0) is 6.42 Å². The molecule has 4 nitrogen and oxygen atoms in total. The molecule has 0 unspecified atom stereocenters. The molecule has 0 bridgehead atoms. The lowest BCUT2D eigenvalue weighted by Gasteiger charge is -2.30. The van der Waals surface area contributed by atoms with Crippen LogP contribution in [0.25, 0.3) is 22.5 Å². The molecular formula is C32H23FN2O2S. The first-order valence-electron chi connectivity index (χ1n) is 12.6. The lowest BCUT2D eigenvalue weighted by molar-refractivity contribution is 0.414. The zero-order chi connectivity index (χ0) is 25.8. The molecule has 0 saturated carbocycles. The molecule has 2 heterocycles. The Morgan fingerprint density at radius 1 is 0.974 bits per heavy atom. The van der Waals surface area contributed by atoms with Crippen LogP contribution in [0.3, 0.4) is 0 Å². The summed E-state index contributed by atoms with van der Waals surface area (Å²) in [6.45, 7) is 0. The maximum absolute atomic E-state index is 14.1. The molecule has 0 fully saturated rings. The zero-order valence-corrected chi connectivity index (χ0v) is 21.5. The molecule has 38 heavy (non-hydrogen) atoms. The quantitative estimate of drug-likeness (QED) is 0.311. The molecule has 5 aromatic rings. The van der Waals surface area contributed by atoms with Gasteiger partial charge in [0, 0.05) is 11.1 Å². The number of aromatic nitrogens is 1. The summed E-state index contributed by atoms with van der Waals surface area (Å²) in [5.41, 5.74) is 6.02. The second-order valence-corrected chi connectivity index (χ2v) is 10.6. The first-order valence-corrected chi connectivity index (χ1v) is 13.4. The minimum absolute atomic E-state index is 0.108. The van der Waals surface area contributed by atoms with Gasteiger partial charge in [0.15, 0.2) is 4.80 Å². The SMILES string of the molecule is COc1ccc2ccccc2c1/C=c1\sc2n(c1=O)[C@@H](c1ccc(F)cc1)C1=C(N=2)c2ccccc2CC1. The van der Waals surface area contributed by atoms with Crippen LogP contribution in [0.5, 0.6) is 5.75 Å². The largest absolute Gasteiger partial charge is 0.496 e. The summed E-state index contributed by atoms with van der Waals surface area (Å²) in [6.07, 6.45) is 3.59. The number of aryl methyl sites for hydroxylation is 1. The summed E-state index contributed by atoms with van der Waals surface area (Å²) in [6, 6.07) is 26.5. The van der Waals surface area contributed by atoms with E-state index >= 15 is 0 Å². The standard InChI is InChI=1S/C32H23FN2O2S/c1-37-27-17-13-19-6-2-4-8-23(19)26(27)18-28-31(36)35-30(21-10-14-22(33)15-11-21)25-16-12-20-7-3-5-9-24(20)29(25)34-32(35)38-28/h2-11,13-15,17-18,30H,12,16H2,1H3/b28-18-/t30-/m0/s1. The van der Waals surface area contributed by atoms with E-state index in [0.717, 1.165) is 51.6 Å². The number of fused-ring (bicyclic) bond motifs is 4. The van der Waals surface area contributed by atoms with Crippen LogP contribution in [-0.4, -0.2) is 11.7 Å². The number of methoxy groups -OCH3 is 1. The minimum atomic E-state index is -0.341. The van der Waals surface area contributed by atoms with E-state index in [1.54, 1.807) is 23.8 Å². The van der Waals surface area contributed by atoms with E-state index in [-0.39, 0.29) is 17.4 Å². The number of hydrogen-bond acceptors (Lipinski definition) is 4. The van der Waals surface area contributed by atoms with Crippen LogP contribution in [0.2, 0.25) is 0 Å². The third kappa shape index (κ3) is 3.56. The van der Waals surface area contributed by atoms with E-state index in [0.29, 0.717) is 15.1 Å². The molecule has 0 spiro atoms. The van der Waals surface area contributed by atoms with Crippen molar-refractivity contribution in [3.8, 4) is 5.75 Å². The van der Waals surface area contributed by atoms with Gasteiger partial charge in [0.1, 0.15) is 11.6 Å². The van der Waals surface area contributed by atoms with Crippen molar-refractivity contribution in [3.05, 3.63) is 138 Å². The average molecular weight is 519 g/mol. The molecule has 1 aliphatic heterocycles. The zero-order valence-electron chi connectivity index (χ0n) is 20.6. The Kier molecular flexibility index (Phi) is 5.37. The smallest absolute Gasteiger partial charge is 0.271 e. The van der Waals surface area contributed by atoms with Gasteiger partial charge in [0.25, 0.3) is 5.56 Å².